The third kappa shape index (κ3) is 2.64. The first-order chi connectivity index (χ1) is 9.98. The van der Waals surface area contributed by atoms with Gasteiger partial charge < -0.3 is 14.3 Å². The first-order valence-corrected chi connectivity index (χ1v) is 10.6. The van der Waals surface area contributed by atoms with Gasteiger partial charge in [-0.1, -0.05) is 0 Å². The van der Waals surface area contributed by atoms with E-state index in [0.29, 0.717) is 6.42 Å². The zero-order chi connectivity index (χ0) is 16.9. The molecular weight excluding hydrogens is 308 g/mol. The summed E-state index contributed by atoms with van der Waals surface area (Å²) in [7, 11) is -0.690. The maximum atomic E-state index is 12.6. The van der Waals surface area contributed by atoms with Crippen molar-refractivity contribution < 1.29 is 28.7 Å². The molecule has 8 nitrogen and oxygen atoms in total. The second-order valence-corrected chi connectivity index (χ2v) is 11.1. The molecule has 0 aliphatic carbocycles. The van der Waals surface area contributed by atoms with Crippen molar-refractivity contribution in [1.29, 1.82) is 0 Å². The fourth-order valence-electron chi connectivity index (χ4n) is 2.84. The lowest BCUT2D eigenvalue weighted by atomic mass is 10.0. The molecule has 0 aromatic carbocycles. The van der Waals surface area contributed by atoms with Crippen molar-refractivity contribution in [3.05, 3.63) is 0 Å². The van der Waals surface area contributed by atoms with Gasteiger partial charge in [-0.05, 0) is 26.1 Å². The molecule has 0 radical (unpaired) electrons. The summed E-state index contributed by atoms with van der Waals surface area (Å²) in [6, 6.07) is 0. The number of hydrogen-bond acceptors (Lipinski definition) is 6. The molecule has 2 aliphatic heterocycles. The summed E-state index contributed by atoms with van der Waals surface area (Å²) in [4.78, 5) is 38.2. The Balaban J connectivity index is 2.33. The van der Waals surface area contributed by atoms with Crippen molar-refractivity contribution in [3.63, 3.8) is 0 Å². The standard InChI is InChI=1S/C13H22N2O6Si/c1-8(16)20-11-10(17)15-7-6-9(21-22(3,4)5)13(15,19)12(18)14(11)2/h9,11,19H,6-7H2,1-5H3/t9-,11+,13-/m0/s1. The molecule has 0 saturated carbocycles. The average molecular weight is 330 g/mol. The summed E-state index contributed by atoms with van der Waals surface area (Å²) in [6.45, 7) is 7.17. The topological polar surface area (TPSA) is 96.4 Å². The van der Waals surface area contributed by atoms with Crippen LogP contribution >= 0.6 is 0 Å². The Morgan fingerprint density at radius 1 is 1.36 bits per heavy atom. The van der Waals surface area contributed by atoms with E-state index in [1.165, 1.54) is 7.05 Å². The molecule has 0 bridgehead atoms. The number of piperazine rings is 1. The number of hydrogen-bond donors (Lipinski definition) is 1. The molecule has 0 unspecified atom stereocenters. The number of likely N-dealkylation sites (N-methyl/N-ethyl adjacent to an activating group) is 1. The molecule has 2 aliphatic rings. The molecule has 1 N–H and O–H groups in total. The molecule has 3 atom stereocenters. The van der Waals surface area contributed by atoms with Gasteiger partial charge in [-0.15, -0.1) is 0 Å². The van der Waals surface area contributed by atoms with Gasteiger partial charge in [0.2, 0.25) is 5.72 Å². The van der Waals surface area contributed by atoms with Crippen LogP contribution in [0.1, 0.15) is 13.3 Å². The van der Waals surface area contributed by atoms with E-state index < -0.39 is 44.2 Å². The normalized spacial score (nSPS) is 32.3. The van der Waals surface area contributed by atoms with Crippen LogP contribution in [-0.4, -0.2) is 72.7 Å². The lowest BCUT2D eigenvalue weighted by Crippen LogP contribution is -2.72. The van der Waals surface area contributed by atoms with E-state index in [1.54, 1.807) is 0 Å². The van der Waals surface area contributed by atoms with Crippen molar-refractivity contribution in [2.75, 3.05) is 13.6 Å². The highest BCUT2D eigenvalue weighted by Crippen LogP contribution is 2.37. The van der Waals surface area contributed by atoms with Crippen LogP contribution in [-0.2, 0) is 23.5 Å². The zero-order valence-electron chi connectivity index (χ0n) is 13.5. The number of carbonyl (C=O) groups excluding carboxylic acids is 3. The molecule has 2 amide bonds. The molecule has 2 saturated heterocycles. The molecule has 22 heavy (non-hydrogen) atoms. The molecule has 2 heterocycles. The smallest absolute Gasteiger partial charge is 0.304 e. The number of carbonyl (C=O) groups is 3. The van der Waals surface area contributed by atoms with Crippen LogP contribution in [0.5, 0.6) is 0 Å². The SMILES string of the molecule is CC(=O)O[C@@H]1C(=O)N2CC[C@H](O[Si](C)(C)C)[C@]2(O)C(=O)N1C. The minimum absolute atomic E-state index is 0.182. The van der Waals surface area contributed by atoms with Crippen LogP contribution in [0.3, 0.4) is 0 Å². The minimum atomic E-state index is -2.03. The summed E-state index contributed by atoms with van der Waals surface area (Å²) in [5.74, 6) is -1.97. The van der Waals surface area contributed by atoms with Gasteiger partial charge in [-0.3, -0.25) is 24.2 Å². The monoisotopic (exact) mass is 330 g/mol. The number of nitrogens with zero attached hydrogens (tertiary/aromatic N) is 2. The third-order valence-corrected chi connectivity index (χ3v) is 4.70. The second kappa shape index (κ2) is 5.32. The summed E-state index contributed by atoms with van der Waals surface area (Å²) in [5, 5.41) is 10.9. The first kappa shape index (κ1) is 16.9. The molecule has 124 valence electrons. The van der Waals surface area contributed by atoms with Crippen LogP contribution in [0, 0.1) is 0 Å². The van der Waals surface area contributed by atoms with Gasteiger partial charge in [-0.2, -0.15) is 0 Å². The second-order valence-electron chi connectivity index (χ2n) is 6.60. The number of amides is 2. The van der Waals surface area contributed by atoms with Crippen molar-refractivity contribution >= 4 is 26.1 Å². The van der Waals surface area contributed by atoms with Crippen molar-refractivity contribution in [3.8, 4) is 0 Å². The van der Waals surface area contributed by atoms with E-state index in [9.17, 15) is 19.5 Å². The van der Waals surface area contributed by atoms with Crippen molar-refractivity contribution in [1.82, 2.24) is 9.80 Å². The number of fused-ring (bicyclic) bond motifs is 1. The van der Waals surface area contributed by atoms with Crippen LogP contribution in [0.25, 0.3) is 0 Å². The van der Waals surface area contributed by atoms with E-state index in [4.69, 9.17) is 9.16 Å². The van der Waals surface area contributed by atoms with Crippen LogP contribution in [0.2, 0.25) is 19.6 Å². The fraction of sp³-hybridized carbons (Fsp3) is 0.769. The molecule has 0 aromatic heterocycles. The van der Waals surface area contributed by atoms with Crippen LogP contribution < -0.4 is 0 Å². The lowest BCUT2D eigenvalue weighted by molar-refractivity contribution is -0.219. The lowest BCUT2D eigenvalue weighted by Gasteiger charge is -2.46. The highest BCUT2D eigenvalue weighted by molar-refractivity contribution is 6.69. The van der Waals surface area contributed by atoms with Gasteiger partial charge >= 0.3 is 5.97 Å². The van der Waals surface area contributed by atoms with Gasteiger partial charge in [0.1, 0.15) is 6.10 Å². The Morgan fingerprint density at radius 2 is 1.95 bits per heavy atom. The highest BCUT2D eigenvalue weighted by Gasteiger charge is 2.63. The largest absolute Gasteiger partial charge is 0.432 e. The third-order valence-electron chi connectivity index (χ3n) is 3.71. The predicted octanol–water partition coefficient (Wildman–Crippen LogP) is -0.511. The minimum Gasteiger partial charge on any atom is -0.432 e. The van der Waals surface area contributed by atoms with E-state index >= 15 is 0 Å². The van der Waals surface area contributed by atoms with Gasteiger partial charge in [0.25, 0.3) is 18.0 Å². The Kier molecular flexibility index (Phi) is 4.09. The van der Waals surface area contributed by atoms with Gasteiger partial charge in [-0.25, -0.2) is 0 Å². The molecule has 2 rings (SSSR count). The molecule has 0 spiro atoms. The van der Waals surface area contributed by atoms with E-state index in [2.05, 4.69) is 0 Å². The molecule has 0 aromatic rings. The van der Waals surface area contributed by atoms with Gasteiger partial charge in [0, 0.05) is 20.5 Å². The quantitative estimate of drug-likeness (QED) is 0.553. The van der Waals surface area contributed by atoms with Gasteiger partial charge in [0.05, 0.1) is 0 Å². The number of ether oxygens (including phenoxy) is 1. The average Bonchev–Trinajstić information content (AvgIpc) is 2.69. The number of esters is 1. The van der Waals surface area contributed by atoms with E-state index in [0.717, 1.165) is 16.7 Å². The molecular formula is C13H22N2O6Si. The first-order valence-electron chi connectivity index (χ1n) is 7.14. The van der Waals surface area contributed by atoms with Crippen LogP contribution in [0.4, 0.5) is 0 Å². The maximum absolute atomic E-state index is 12.6. The van der Waals surface area contributed by atoms with E-state index in [1.807, 2.05) is 19.6 Å². The Hall–Kier alpha value is -1.45. The Bertz CT molecular complexity index is 519. The molecule has 9 heteroatoms. The molecule has 2 fully saturated rings. The Morgan fingerprint density at radius 3 is 2.45 bits per heavy atom. The number of aliphatic hydroxyl groups is 1. The summed E-state index contributed by atoms with van der Waals surface area (Å²) in [5.41, 5.74) is -2.03. The summed E-state index contributed by atoms with van der Waals surface area (Å²) >= 11 is 0. The van der Waals surface area contributed by atoms with Crippen LogP contribution in [0.15, 0.2) is 0 Å². The van der Waals surface area contributed by atoms with E-state index in [-0.39, 0.29) is 6.54 Å². The summed E-state index contributed by atoms with van der Waals surface area (Å²) in [6.07, 6.45) is -1.74. The van der Waals surface area contributed by atoms with Crippen molar-refractivity contribution in [2.24, 2.45) is 0 Å². The number of rotatable bonds is 3. The van der Waals surface area contributed by atoms with Crippen molar-refractivity contribution in [2.45, 2.75) is 51.0 Å². The maximum Gasteiger partial charge on any atom is 0.304 e. The summed E-state index contributed by atoms with van der Waals surface area (Å²) < 4.78 is 10.8. The fourth-order valence-corrected chi connectivity index (χ4v) is 3.98. The zero-order valence-corrected chi connectivity index (χ0v) is 14.5. The van der Waals surface area contributed by atoms with Gasteiger partial charge in [0.15, 0.2) is 8.32 Å². The highest BCUT2D eigenvalue weighted by atomic mass is 28.4. The Labute approximate surface area is 130 Å². The predicted molar refractivity (Wildman–Crippen MR) is 77.8 cm³/mol.